The van der Waals surface area contributed by atoms with E-state index in [0.29, 0.717) is 17.0 Å². The number of sulfonamides is 1. The average molecular weight is 593 g/mol. The Bertz CT molecular complexity index is 1780. The minimum absolute atomic E-state index is 0.0687. The van der Waals surface area contributed by atoms with Crippen molar-refractivity contribution >= 4 is 49.8 Å². The summed E-state index contributed by atoms with van der Waals surface area (Å²) in [5.41, 5.74) is -1.30. The fourth-order valence-electron chi connectivity index (χ4n) is 4.33. The van der Waals surface area contributed by atoms with E-state index in [1.54, 1.807) is 19.1 Å². The standard InChI is InChI=1S/C25H20Cl2F2N6O3S/c1-15(25(36,12-34-14-30-13-32-34)20-5-2-17(28)9-23(20)29)35-24-7-3-18(8-16(24)11-31-35)33-39(37,38)19-4-6-21(26)22(27)10-19/h2-11,13-15,33,36H,12H2,1H3. The predicted octanol–water partition coefficient (Wildman–Crippen LogP) is 5.16. The van der Waals surface area contributed by atoms with Gasteiger partial charge in [0.1, 0.15) is 29.9 Å². The number of nitrogens with zero attached hydrogens (tertiary/aromatic N) is 5. The summed E-state index contributed by atoms with van der Waals surface area (Å²) in [5, 5.41) is 21.1. The minimum Gasteiger partial charge on any atom is -0.381 e. The first-order chi connectivity index (χ1) is 18.5. The monoisotopic (exact) mass is 592 g/mol. The lowest BCUT2D eigenvalue weighted by molar-refractivity contribution is -0.0354. The summed E-state index contributed by atoms with van der Waals surface area (Å²) in [6.45, 7) is 1.42. The van der Waals surface area contributed by atoms with Crippen LogP contribution in [0.3, 0.4) is 0 Å². The summed E-state index contributed by atoms with van der Waals surface area (Å²) in [7, 11) is -3.98. The molecule has 3 aromatic carbocycles. The third-order valence-corrected chi connectivity index (χ3v) is 8.49. The summed E-state index contributed by atoms with van der Waals surface area (Å²) in [4.78, 5) is 3.80. The first-order valence-corrected chi connectivity index (χ1v) is 13.7. The van der Waals surface area contributed by atoms with E-state index < -0.39 is 33.3 Å². The van der Waals surface area contributed by atoms with Crippen molar-refractivity contribution in [1.29, 1.82) is 0 Å². The van der Waals surface area contributed by atoms with Crippen LogP contribution >= 0.6 is 23.2 Å². The van der Waals surface area contributed by atoms with Crippen LogP contribution in [-0.4, -0.2) is 38.1 Å². The molecule has 2 atom stereocenters. The van der Waals surface area contributed by atoms with Gasteiger partial charge in [0.15, 0.2) is 0 Å². The molecule has 0 aliphatic carbocycles. The van der Waals surface area contributed by atoms with Crippen molar-refractivity contribution in [1.82, 2.24) is 24.5 Å². The van der Waals surface area contributed by atoms with Gasteiger partial charge < -0.3 is 5.11 Å². The molecule has 0 radical (unpaired) electrons. The number of halogens is 4. The van der Waals surface area contributed by atoms with Gasteiger partial charge in [-0.25, -0.2) is 26.9 Å². The highest BCUT2D eigenvalue weighted by Gasteiger charge is 2.41. The van der Waals surface area contributed by atoms with Crippen molar-refractivity contribution in [2.24, 2.45) is 0 Å². The topological polar surface area (TPSA) is 115 Å². The Morgan fingerprint density at radius 3 is 2.54 bits per heavy atom. The summed E-state index contributed by atoms with van der Waals surface area (Å²) in [6, 6.07) is 10.7. The van der Waals surface area contributed by atoms with Crippen LogP contribution in [0.4, 0.5) is 14.5 Å². The van der Waals surface area contributed by atoms with E-state index in [1.165, 1.54) is 58.5 Å². The van der Waals surface area contributed by atoms with Crippen molar-refractivity contribution in [2.75, 3.05) is 4.72 Å². The van der Waals surface area contributed by atoms with E-state index in [0.717, 1.165) is 6.07 Å². The van der Waals surface area contributed by atoms with Gasteiger partial charge in [-0.3, -0.25) is 9.40 Å². The number of fused-ring (bicyclic) bond motifs is 1. The van der Waals surface area contributed by atoms with Gasteiger partial charge in [-0.2, -0.15) is 10.2 Å². The lowest BCUT2D eigenvalue weighted by atomic mass is 9.86. The average Bonchev–Trinajstić information content (AvgIpc) is 3.54. The molecule has 5 aromatic rings. The molecule has 0 spiro atoms. The zero-order chi connectivity index (χ0) is 27.9. The molecule has 0 bridgehead atoms. The fourth-order valence-corrected chi connectivity index (χ4v) is 5.77. The van der Waals surface area contributed by atoms with E-state index in [9.17, 15) is 22.3 Å². The Labute approximate surface area is 231 Å². The maximum Gasteiger partial charge on any atom is 0.261 e. The Morgan fingerprint density at radius 1 is 1.05 bits per heavy atom. The van der Waals surface area contributed by atoms with Gasteiger partial charge in [-0.1, -0.05) is 29.3 Å². The van der Waals surface area contributed by atoms with Gasteiger partial charge in [0.05, 0.1) is 39.2 Å². The highest BCUT2D eigenvalue weighted by atomic mass is 35.5. The number of hydrogen-bond donors (Lipinski definition) is 2. The number of benzene rings is 3. The molecular weight excluding hydrogens is 573 g/mol. The van der Waals surface area contributed by atoms with E-state index >= 15 is 0 Å². The normalized spacial score (nSPS) is 14.3. The van der Waals surface area contributed by atoms with Gasteiger partial charge >= 0.3 is 0 Å². The zero-order valence-corrected chi connectivity index (χ0v) is 22.5. The molecule has 0 aliphatic heterocycles. The second kappa shape index (κ2) is 10.2. The molecule has 2 N–H and O–H groups in total. The first kappa shape index (κ1) is 27.0. The quantitative estimate of drug-likeness (QED) is 0.257. The second-order valence-corrected chi connectivity index (χ2v) is 11.4. The molecule has 39 heavy (non-hydrogen) atoms. The highest BCUT2D eigenvalue weighted by Crippen LogP contribution is 2.38. The van der Waals surface area contributed by atoms with Crippen molar-refractivity contribution < 1.29 is 22.3 Å². The van der Waals surface area contributed by atoms with Crippen molar-refractivity contribution in [3.8, 4) is 0 Å². The summed E-state index contributed by atoms with van der Waals surface area (Å²) < 4.78 is 59.6. The zero-order valence-electron chi connectivity index (χ0n) is 20.1. The molecule has 0 fully saturated rings. The second-order valence-electron chi connectivity index (χ2n) is 8.86. The lowest BCUT2D eigenvalue weighted by Crippen LogP contribution is -2.41. The van der Waals surface area contributed by atoms with E-state index in [2.05, 4.69) is 19.9 Å². The molecule has 14 heteroatoms. The maximum absolute atomic E-state index is 14.9. The van der Waals surface area contributed by atoms with Gasteiger partial charge in [-0.05, 0) is 49.4 Å². The number of aliphatic hydroxyl groups is 1. The van der Waals surface area contributed by atoms with Crippen LogP contribution in [0.5, 0.6) is 0 Å². The van der Waals surface area contributed by atoms with Crippen molar-refractivity contribution in [2.45, 2.75) is 30.0 Å². The Balaban J connectivity index is 1.50. The molecule has 0 saturated heterocycles. The fraction of sp³-hybridized carbons (Fsp3) is 0.160. The van der Waals surface area contributed by atoms with Gasteiger partial charge in [0.2, 0.25) is 0 Å². The molecule has 2 unspecified atom stereocenters. The number of rotatable bonds is 8. The van der Waals surface area contributed by atoms with Crippen LogP contribution in [0.2, 0.25) is 10.0 Å². The van der Waals surface area contributed by atoms with E-state index in [1.807, 2.05) is 0 Å². The number of nitrogens with one attached hydrogen (secondary N) is 1. The number of anilines is 1. The Kier molecular flexibility index (Phi) is 7.06. The molecule has 0 saturated carbocycles. The summed E-state index contributed by atoms with van der Waals surface area (Å²) in [5.74, 6) is -1.72. The Morgan fingerprint density at radius 2 is 1.85 bits per heavy atom. The van der Waals surface area contributed by atoms with Crippen LogP contribution in [0.25, 0.3) is 10.9 Å². The van der Waals surface area contributed by atoms with Crippen LogP contribution in [0, 0.1) is 11.6 Å². The molecule has 2 aromatic heterocycles. The molecule has 9 nitrogen and oxygen atoms in total. The van der Waals surface area contributed by atoms with Crippen LogP contribution in [0.1, 0.15) is 18.5 Å². The van der Waals surface area contributed by atoms with Crippen LogP contribution in [-0.2, 0) is 22.2 Å². The molecule has 0 amide bonds. The van der Waals surface area contributed by atoms with Crippen LogP contribution in [0.15, 0.2) is 78.3 Å². The summed E-state index contributed by atoms with van der Waals surface area (Å²) in [6.07, 6.45) is 4.13. The number of hydrogen-bond acceptors (Lipinski definition) is 6. The number of aromatic nitrogens is 5. The van der Waals surface area contributed by atoms with E-state index in [4.69, 9.17) is 23.2 Å². The molecular formula is C25H20Cl2F2N6O3S. The Hall–Kier alpha value is -3.58. The summed E-state index contributed by atoms with van der Waals surface area (Å²) >= 11 is 11.9. The predicted molar refractivity (Wildman–Crippen MR) is 142 cm³/mol. The SMILES string of the molecule is CC(n1ncc2cc(NS(=O)(=O)c3ccc(Cl)c(Cl)c3)ccc21)C(O)(Cn1cncn1)c1ccc(F)cc1F. The van der Waals surface area contributed by atoms with E-state index in [-0.39, 0.29) is 32.7 Å². The first-order valence-electron chi connectivity index (χ1n) is 11.4. The third-order valence-electron chi connectivity index (χ3n) is 6.37. The minimum atomic E-state index is -3.98. The molecule has 5 rings (SSSR count). The third kappa shape index (κ3) is 5.20. The van der Waals surface area contributed by atoms with Gasteiger partial charge in [0.25, 0.3) is 10.0 Å². The van der Waals surface area contributed by atoms with Crippen molar-refractivity contribution in [3.05, 3.63) is 101 Å². The smallest absolute Gasteiger partial charge is 0.261 e. The largest absolute Gasteiger partial charge is 0.381 e. The van der Waals surface area contributed by atoms with Gasteiger partial charge in [0, 0.05) is 22.7 Å². The molecule has 0 aliphatic rings. The highest BCUT2D eigenvalue weighted by molar-refractivity contribution is 7.92. The lowest BCUT2D eigenvalue weighted by Gasteiger charge is -2.35. The molecule has 202 valence electrons. The molecule has 2 heterocycles. The van der Waals surface area contributed by atoms with Crippen molar-refractivity contribution in [3.63, 3.8) is 0 Å². The van der Waals surface area contributed by atoms with Gasteiger partial charge in [-0.15, -0.1) is 0 Å². The maximum atomic E-state index is 14.9. The van der Waals surface area contributed by atoms with Crippen LogP contribution < -0.4 is 4.72 Å².